The SMILES string of the molecule is F.F.F.F.O.[H-].[Na+].[O]=[Mo]=[O]. The third-order valence-electron chi connectivity index (χ3n) is 0. The Morgan fingerprint density at radius 3 is 0.889 bits per heavy atom. The van der Waals surface area contributed by atoms with Crippen LogP contribution in [-0.2, 0) is 25.3 Å². The van der Waals surface area contributed by atoms with Crippen molar-refractivity contribution in [3.8, 4) is 0 Å². The van der Waals surface area contributed by atoms with Crippen LogP contribution in [0.2, 0.25) is 0 Å². The number of hydrogen-bond acceptors (Lipinski definition) is 2. The predicted molar refractivity (Wildman–Crippen MR) is 16.1 cm³/mol. The summed E-state index contributed by atoms with van der Waals surface area (Å²) in [6.07, 6.45) is 0. The Bertz CT molecular complexity index is 41.5. The molecule has 0 aliphatic rings. The maximum atomic E-state index is 8.50. The van der Waals surface area contributed by atoms with Gasteiger partial charge in [-0.05, 0) is 0 Å². The third kappa shape index (κ3) is 464. The first-order valence-corrected chi connectivity index (χ1v) is 1.97. The molecule has 0 aromatic rings. The van der Waals surface area contributed by atoms with E-state index in [1.807, 2.05) is 0 Å². The Hall–Kier alpha value is 0.968. The van der Waals surface area contributed by atoms with Crippen LogP contribution in [0.15, 0.2) is 0 Å². The van der Waals surface area contributed by atoms with Gasteiger partial charge in [0, 0.05) is 0 Å². The van der Waals surface area contributed by atoms with Crippen molar-refractivity contribution in [1.29, 1.82) is 0 Å². The van der Waals surface area contributed by atoms with Crippen molar-refractivity contribution < 1.29 is 80.6 Å². The van der Waals surface area contributed by atoms with E-state index in [1.54, 1.807) is 0 Å². The first kappa shape index (κ1) is 91.0. The molecule has 0 unspecified atom stereocenters. The van der Waals surface area contributed by atoms with E-state index < -0.39 is 18.5 Å². The first-order valence-electron chi connectivity index (χ1n) is 0.333. The molecule has 0 spiro atoms. The van der Waals surface area contributed by atoms with Crippen molar-refractivity contribution in [2.75, 3.05) is 0 Å². The summed E-state index contributed by atoms with van der Waals surface area (Å²) in [5.41, 5.74) is 0. The molecule has 0 saturated carbocycles. The first-order chi connectivity index (χ1) is 1.41. The predicted octanol–water partition coefficient (Wildman–Crippen LogP) is -3.34. The van der Waals surface area contributed by atoms with Crippen LogP contribution in [0.1, 0.15) is 1.43 Å². The monoisotopic (exact) mass is 252 g/mol. The van der Waals surface area contributed by atoms with Gasteiger partial charge in [0.1, 0.15) is 0 Å². The van der Waals surface area contributed by atoms with E-state index in [-0.39, 0.29) is 55.3 Å². The second-order valence-electron chi connectivity index (χ2n) is 0.0680. The minimum absolute atomic E-state index is 0. The molecule has 60 valence electrons. The van der Waals surface area contributed by atoms with Gasteiger partial charge in [-0.3, -0.25) is 18.8 Å². The van der Waals surface area contributed by atoms with E-state index >= 15 is 0 Å². The van der Waals surface area contributed by atoms with E-state index in [0.29, 0.717) is 0 Å². The van der Waals surface area contributed by atoms with Crippen molar-refractivity contribution in [1.82, 2.24) is 0 Å². The fraction of sp³-hybridized carbons (Fsp3) is 0. The fourth-order valence-corrected chi connectivity index (χ4v) is 0. The minimum atomic E-state index is -2.03. The topological polar surface area (TPSA) is 65.6 Å². The molecule has 0 radical (unpaired) electrons. The summed E-state index contributed by atoms with van der Waals surface area (Å²) in [5, 5.41) is 0. The molecule has 0 aromatic carbocycles. The van der Waals surface area contributed by atoms with Gasteiger partial charge < -0.3 is 6.90 Å². The molecule has 0 aliphatic carbocycles. The van der Waals surface area contributed by atoms with E-state index in [0.717, 1.165) is 0 Å². The van der Waals surface area contributed by atoms with Gasteiger partial charge >= 0.3 is 54.8 Å². The standard InChI is InChI=1S/4FH.Mo.Na.H2O.2O.H/h4*1H;;;1H2;;;/q;;;;;+1;;;;-1. The molecule has 0 rings (SSSR count). The number of rotatable bonds is 0. The van der Waals surface area contributed by atoms with Gasteiger partial charge in [0.15, 0.2) is 0 Å². The third-order valence-corrected chi connectivity index (χ3v) is 0. The normalized spacial score (nSPS) is 1.33. The van der Waals surface area contributed by atoms with Crippen LogP contribution in [0, 0.1) is 0 Å². The Morgan fingerprint density at radius 2 is 0.889 bits per heavy atom. The van der Waals surface area contributed by atoms with Gasteiger partial charge in [0.25, 0.3) is 0 Å². The summed E-state index contributed by atoms with van der Waals surface area (Å²) in [6, 6.07) is 0. The summed E-state index contributed by atoms with van der Waals surface area (Å²) in [5.74, 6) is 0. The molecule has 9 heteroatoms. The van der Waals surface area contributed by atoms with Crippen LogP contribution >= 0.6 is 0 Å². The van der Waals surface area contributed by atoms with Crippen molar-refractivity contribution >= 4 is 0 Å². The Morgan fingerprint density at radius 1 is 0.889 bits per heavy atom. The van der Waals surface area contributed by atoms with E-state index in [2.05, 4.69) is 0 Å². The van der Waals surface area contributed by atoms with E-state index in [4.69, 9.17) is 6.80 Å². The van der Waals surface area contributed by atoms with E-state index in [9.17, 15) is 0 Å². The van der Waals surface area contributed by atoms with Crippen LogP contribution in [0.5, 0.6) is 0 Å². The molecule has 2 N–H and O–H groups in total. The zero-order valence-electron chi connectivity index (χ0n) is 5.36. The van der Waals surface area contributed by atoms with Crippen molar-refractivity contribution in [3.63, 3.8) is 0 Å². The Balaban J connectivity index is -0.000000000952. The quantitative estimate of drug-likeness (QED) is 0.333. The summed E-state index contributed by atoms with van der Waals surface area (Å²) in [6.45, 7) is 0. The summed E-state index contributed by atoms with van der Waals surface area (Å²) >= 11 is -2.03. The van der Waals surface area contributed by atoms with Gasteiger partial charge in [-0.15, -0.1) is 0 Å². The van der Waals surface area contributed by atoms with Gasteiger partial charge in [0.05, 0.1) is 0 Å². The van der Waals surface area contributed by atoms with Crippen LogP contribution in [0.4, 0.5) is 18.8 Å². The molecule has 0 aliphatic heterocycles. The van der Waals surface area contributed by atoms with Gasteiger partial charge in [0.2, 0.25) is 0 Å². The maximum absolute atomic E-state index is 8.50. The molecule has 0 amide bonds. The molecular weight excluding hydrogens is 243 g/mol. The Labute approximate surface area is 80.3 Å². The molecular formula is H7F4MoNaO3. The summed E-state index contributed by atoms with van der Waals surface area (Å²) in [7, 11) is 0. The number of halogens is 4. The van der Waals surface area contributed by atoms with Crippen molar-refractivity contribution in [2.24, 2.45) is 0 Å². The second-order valence-corrected chi connectivity index (χ2v) is 0.403. The van der Waals surface area contributed by atoms with Crippen molar-refractivity contribution in [3.05, 3.63) is 0 Å². The molecule has 0 atom stereocenters. The fourth-order valence-electron chi connectivity index (χ4n) is 0. The van der Waals surface area contributed by atoms with Crippen LogP contribution < -0.4 is 29.6 Å². The van der Waals surface area contributed by atoms with E-state index in [1.165, 1.54) is 0 Å². The van der Waals surface area contributed by atoms with Gasteiger partial charge in [-0.2, -0.15) is 0 Å². The van der Waals surface area contributed by atoms with Crippen LogP contribution in [0.3, 0.4) is 0 Å². The van der Waals surface area contributed by atoms with Crippen molar-refractivity contribution in [2.45, 2.75) is 0 Å². The molecule has 0 aromatic heterocycles. The van der Waals surface area contributed by atoms with Crippen LogP contribution in [0.25, 0.3) is 0 Å². The molecule has 0 fully saturated rings. The van der Waals surface area contributed by atoms with Crippen LogP contribution in [-0.4, -0.2) is 5.48 Å². The molecule has 0 heterocycles. The summed E-state index contributed by atoms with van der Waals surface area (Å²) in [4.78, 5) is 0. The summed E-state index contributed by atoms with van der Waals surface area (Å²) < 4.78 is 17.0. The zero-order valence-corrected chi connectivity index (χ0v) is 8.36. The molecule has 0 bridgehead atoms. The average molecular weight is 250 g/mol. The zero-order chi connectivity index (χ0) is 2.71. The average Bonchev–Trinajstić information content (AvgIpc) is 0.918. The van der Waals surface area contributed by atoms with Gasteiger partial charge in [-0.1, -0.05) is 0 Å². The number of hydrogen-bond donors (Lipinski definition) is 0. The Kier molecular flexibility index (Phi) is 1490. The molecule has 9 heavy (non-hydrogen) atoms. The molecule has 0 saturated heterocycles. The molecule has 3 nitrogen and oxygen atoms in total. The van der Waals surface area contributed by atoms with Gasteiger partial charge in [-0.25, -0.2) is 0 Å². The second kappa shape index (κ2) is 147.